The number of benzene rings is 1. The van der Waals surface area contributed by atoms with E-state index in [1.807, 2.05) is 0 Å². The summed E-state index contributed by atoms with van der Waals surface area (Å²) in [4.78, 5) is 8.85. The Bertz CT molecular complexity index is 597. The second kappa shape index (κ2) is 4.53. The Morgan fingerprint density at radius 3 is 2.37 bits per heavy atom. The van der Waals surface area contributed by atoms with Crippen molar-refractivity contribution < 1.29 is 0 Å². The number of hydrogen-bond donors (Lipinski definition) is 2. The Morgan fingerprint density at radius 1 is 1.05 bits per heavy atom. The molecule has 1 aromatic heterocycles. The lowest BCUT2D eigenvalue weighted by Crippen LogP contribution is -2.03. The van der Waals surface area contributed by atoms with E-state index in [9.17, 15) is 0 Å². The fourth-order valence-corrected chi connectivity index (χ4v) is 2.27. The van der Waals surface area contributed by atoms with E-state index in [2.05, 4.69) is 47.3 Å². The first-order valence-electron chi connectivity index (χ1n) is 6.60. The summed E-state index contributed by atoms with van der Waals surface area (Å²) in [6.07, 6.45) is 2.35. The van der Waals surface area contributed by atoms with Crippen molar-refractivity contribution >= 4 is 17.3 Å². The molecule has 1 aromatic carbocycles. The number of aromatic nitrogens is 2. The molecule has 0 saturated heterocycles. The summed E-state index contributed by atoms with van der Waals surface area (Å²) in [7, 11) is 0. The van der Waals surface area contributed by atoms with Gasteiger partial charge < -0.3 is 11.1 Å². The summed E-state index contributed by atoms with van der Waals surface area (Å²) >= 11 is 0. The molecule has 3 N–H and O–H groups in total. The first-order valence-corrected chi connectivity index (χ1v) is 6.60. The molecule has 1 aliphatic carbocycles. The number of nitrogens with zero attached hydrogens (tertiary/aromatic N) is 2. The van der Waals surface area contributed by atoms with E-state index in [-0.39, 0.29) is 0 Å². The van der Waals surface area contributed by atoms with Crippen LogP contribution in [0.3, 0.4) is 0 Å². The average molecular weight is 254 g/mol. The van der Waals surface area contributed by atoms with Gasteiger partial charge in [0.2, 0.25) is 0 Å². The van der Waals surface area contributed by atoms with Crippen LogP contribution in [0.4, 0.5) is 17.3 Å². The first kappa shape index (κ1) is 12.0. The van der Waals surface area contributed by atoms with Crippen molar-refractivity contribution in [1.82, 2.24) is 9.97 Å². The van der Waals surface area contributed by atoms with Crippen molar-refractivity contribution in [3.63, 3.8) is 0 Å². The summed E-state index contributed by atoms with van der Waals surface area (Å²) in [5.41, 5.74) is 9.34. The Morgan fingerprint density at radius 2 is 1.74 bits per heavy atom. The highest BCUT2D eigenvalue weighted by molar-refractivity contribution is 5.60. The molecule has 98 valence electrons. The summed E-state index contributed by atoms with van der Waals surface area (Å²) in [6, 6.07) is 8.13. The number of aryl methyl sites for hydroxylation is 2. The molecular weight excluding hydrogens is 236 g/mol. The van der Waals surface area contributed by atoms with Crippen molar-refractivity contribution in [3.05, 3.63) is 41.2 Å². The summed E-state index contributed by atoms with van der Waals surface area (Å²) in [5.74, 6) is 2.68. The third-order valence-corrected chi connectivity index (χ3v) is 3.20. The normalized spacial score (nSPS) is 14.4. The van der Waals surface area contributed by atoms with Gasteiger partial charge in [-0.3, -0.25) is 0 Å². The molecule has 4 nitrogen and oxygen atoms in total. The molecule has 19 heavy (non-hydrogen) atoms. The minimum absolute atomic E-state index is 0.503. The zero-order valence-electron chi connectivity index (χ0n) is 11.3. The number of nitrogens with two attached hydrogens (primary N) is 1. The van der Waals surface area contributed by atoms with E-state index in [1.54, 1.807) is 6.07 Å². The topological polar surface area (TPSA) is 63.8 Å². The number of hydrogen-bond acceptors (Lipinski definition) is 4. The van der Waals surface area contributed by atoms with Crippen molar-refractivity contribution in [3.8, 4) is 0 Å². The van der Waals surface area contributed by atoms with Crippen LogP contribution in [0.2, 0.25) is 0 Å². The van der Waals surface area contributed by atoms with Crippen LogP contribution >= 0.6 is 0 Å². The molecule has 1 heterocycles. The zero-order chi connectivity index (χ0) is 13.4. The molecule has 2 aromatic rings. The van der Waals surface area contributed by atoms with Crippen LogP contribution in [-0.2, 0) is 0 Å². The van der Waals surface area contributed by atoms with Crippen molar-refractivity contribution in [2.24, 2.45) is 0 Å². The highest BCUT2D eigenvalue weighted by Crippen LogP contribution is 2.38. The van der Waals surface area contributed by atoms with E-state index in [0.717, 1.165) is 17.3 Å². The average Bonchev–Trinajstić information content (AvgIpc) is 3.09. The van der Waals surface area contributed by atoms with Gasteiger partial charge in [-0.1, -0.05) is 6.07 Å². The van der Waals surface area contributed by atoms with Gasteiger partial charge in [-0.2, -0.15) is 0 Å². The minimum Gasteiger partial charge on any atom is -0.384 e. The third-order valence-electron chi connectivity index (χ3n) is 3.20. The Labute approximate surface area is 113 Å². The number of nitrogen functional groups attached to an aromatic ring is 1. The summed E-state index contributed by atoms with van der Waals surface area (Å²) < 4.78 is 0. The number of nitrogens with one attached hydrogen (secondary N) is 1. The van der Waals surface area contributed by atoms with Gasteiger partial charge in [0.05, 0.1) is 0 Å². The minimum atomic E-state index is 0.503. The smallest absolute Gasteiger partial charge is 0.136 e. The van der Waals surface area contributed by atoms with Crippen LogP contribution in [-0.4, -0.2) is 9.97 Å². The fraction of sp³-hybridized carbons (Fsp3) is 0.333. The molecule has 0 bridgehead atoms. The standard InChI is InChI=1S/C15H18N4/c1-9-5-10(2)7-12(6-9)17-14-8-13(16)18-15(19-14)11-3-4-11/h5-8,11H,3-4H2,1-2H3,(H3,16,17,18,19). The van der Waals surface area contributed by atoms with Gasteiger partial charge in [0.25, 0.3) is 0 Å². The maximum absolute atomic E-state index is 5.85. The molecule has 0 radical (unpaired) electrons. The predicted octanol–water partition coefficient (Wildman–Crippen LogP) is 3.30. The van der Waals surface area contributed by atoms with Crippen molar-refractivity contribution in [1.29, 1.82) is 0 Å². The van der Waals surface area contributed by atoms with Crippen molar-refractivity contribution in [2.75, 3.05) is 11.1 Å². The maximum atomic E-state index is 5.85. The van der Waals surface area contributed by atoms with Gasteiger partial charge in [0.15, 0.2) is 0 Å². The molecule has 1 saturated carbocycles. The van der Waals surface area contributed by atoms with Gasteiger partial charge in [-0.15, -0.1) is 0 Å². The number of rotatable bonds is 3. The molecule has 0 unspecified atom stereocenters. The van der Waals surface area contributed by atoms with Crippen LogP contribution < -0.4 is 11.1 Å². The van der Waals surface area contributed by atoms with Crippen molar-refractivity contribution in [2.45, 2.75) is 32.6 Å². The van der Waals surface area contributed by atoms with Crippen LogP contribution in [0, 0.1) is 13.8 Å². The molecule has 0 amide bonds. The maximum Gasteiger partial charge on any atom is 0.136 e. The summed E-state index contributed by atoms with van der Waals surface area (Å²) in [6.45, 7) is 4.17. The second-order valence-corrected chi connectivity index (χ2v) is 5.31. The van der Waals surface area contributed by atoms with E-state index in [4.69, 9.17) is 5.73 Å². The van der Waals surface area contributed by atoms with Crippen LogP contribution in [0.5, 0.6) is 0 Å². The lowest BCUT2D eigenvalue weighted by atomic mass is 10.1. The molecule has 1 aliphatic rings. The fourth-order valence-electron chi connectivity index (χ4n) is 2.27. The highest BCUT2D eigenvalue weighted by Gasteiger charge is 2.27. The molecular formula is C15H18N4. The van der Waals surface area contributed by atoms with E-state index in [1.165, 1.54) is 24.0 Å². The molecule has 0 aliphatic heterocycles. The zero-order valence-corrected chi connectivity index (χ0v) is 11.3. The number of anilines is 3. The lowest BCUT2D eigenvalue weighted by Gasteiger charge is -2.09. The Balaban J connectivity index is 1.89. The quantitative estimate of drug-likeness (QED) is 0.882. The van der Waals surface area contributed by atoms with E-state index in [0.29, 0.717) is 11.7 Å². The van der Waals surface area contributed by atoms with Gasteiger partial charge in [-0.05, 0) is 49.9 Å². The van der Waals surface area contributed by atoms with E-state index >= 15 is 0 Å². The van der Waals surface area contributed by atoms with Gasteiger partial charge in [-0.25, -0.2) is 9.97 Å². The van der Waals surface area contributed by atoms with Gasteiger partial charge in [0.1, 0.15) is 17.5 Å². The van der Waals surface area contributed by atoms with Crippen LogP contribution in [0.1, 0.15) is 35.7 Å². The molecule has 0 spiro atoms. The Kier molecular flexibility index (Phi) is 2.85. The lowest BCUT2D eigenvalue weighted by molar-refractivity contribution is 0.936. The highest BCUT2D eigenvalue weighted by atomic mass is 15.1. The van der Waals surface area contributed by atoms with Crippen LogP contribution in [0.25, 0.3) is 0 Å². The van der Waals surface area contributed by atoms with Gasteiger partial charge >= 0.3 is 0 Å². The second-order valence-electron chi connectivity index (χ2n) is 5.31. The molecule has 0 atom stereocenters. The predicted molar refractivity (Wildman–Crippen MR) is 77.6 cm³/mol. The third kappa shape index (κ3) is 2.84. The monoisotopic (exact) mass is 254 g/mol. The van der Waals surface area contributed by atoms with Crippen LogP contribution in [0.15, 0.2) is 24.3 Å². The molecule has 3 rings (SSSR count). The molecule has 4 heteroatoms. The largest absolute Gasteiger partial charge is 0.384 e. The van der Waals surface area contributed by atoms with E-state index < -0.39 is 0 Å². The molecule has 1 fully saturated rings. The summed E-state index contributed by atoms with van der Waals surface area (Å²) in [5, 5.41) is 3.32. The first-order chi connectivity index (χ1) is 9.10. The van der Waals surface area contributed by atoms with Gasteiger partial charge in [0, 0.05) is 17.7 Å². The Hall–Kier alpha value is -2.10. The SMILES string of the molecule is Cc1cc(C)cc(Nc2cc(N)nc(C3CC3)n2)c1.